The molecule has 96 valence electrons. The van der Waals surface area contributed by atoms with Gasteiger partial charge < -0.3 is 10.2 Å². The average molecular weight is 226 g/mol. The summed E-state index contributed by atoms with van der Waals surface area (Å²) in [6, 6.07) is 0. The van der Waals surface area contributed by atoms with Crippen LogP contribution in [-0.4, -0.2) is 38.6 Å². The molecule has 0 aromatic rings. The van der Waals surface area contributed by atoms with Crippen molar-refractivity contribution in [1.29, 1.82) is 0 Å². The molecule has 0 bridgehead atoms. The fourth-order valence-corrected chi connectivity index (χ4v) is 2.76. The molecule has 1 N–H and O–H groups in total. The van der Waals surface area contributed by atoms with Crippen molar-refractivity contribution < 1.29 is 0 Å². The molecule has 2 heteroatoms. The van der Waals surface area contributed by atoms with Gasteiger partial charge in [-0.1, -0.05) is 25.7 Å². The lowest BCUT2D eigenvalue weighted by molar-refractivity contribution is 0.230. The van der Waals surface area contributed by atoms with Gasteiger partial charge in [0.2, 0.25) is 0 Å². The Kier molecular flexibility index (Phi) is 7.87. The molecule has 1 aliphatic rings. The Morgan fingerprint density at radius 2 is 1.81 bits per heavy atom. The topological polar surface area (TPSA) is 15.3 Å². The number of unbranched alkanes of at least 4 members (excludes halogenated alkanes) is 2. The van der Waals surface area contributed by atoms with Crippen molar-refractivity contribution >= 4 is 0 Å². The van der Waals surface area contributed by atoms with E-state index < -0.39 is 0 Å². The first-order valence-corrected chi connectivity index (χ1v) is 7.16. The van der Waals surface area contributed by atoms with Crippen LogP contribution < -0.4 is 5.32 Å². The quantitative estimate of drug-likeness (QED) is 0.640. The molecule has 1 saturated carbocycles. The van der Waals surface area contributed by atoms with Gasteiger partial charge in [0, 0.05) is 6.54 Å². The molecule has 0 saturated heterocycles. The van der Waals surface area contributed by atoms with Crippen LogP contribution in [0.25, 0.3) is 0 Å². The zero-order chi connectivity index (χ0) is 11.6. The second-order valence-electron chi connectivity index (χ2n) is 5.43. The van der Waals surface area contributed by atoms with Crippen molar-refractivity contribution in [2.45, 2.75) is 51.4 Å². The van der Waals surface area contributed by atoms with Gasteiger partial charge in [-0.3, -0.25) is 0 Å². The Labute approximate surface area is 102 Å². The largest absolute Gasteiger partial charge is 0.320 e. The molecule has 16 heavy (non-hydrogen) atoms. The summed E-state index contributed by atoms with van der Waals surface area (Å²) in [7, 11) is 4.34. The molecular formula is C14H30N2. The molecule has 1 aliphatic carbocycles. The SMILES string of the molecule is CNCCCCCN(C)CC1CCCCC1. The third-order valence-corrected chi connectivity index (χ3v) is 3.76. The number of hydrogen-bond donors (Lipinski definition) is 1. The number of hydrogen-bond acceptors (Lipinski definition) is 2. The van der Waals surface area contributed by atoms with Crippen LogP contribution in [0.4, 0.5) is 0 Å². The summed E-state index contributed by atoms with van der Waals surface area (Å²) < 4.78 is 0. The second-order valence-corrected chi connectivity index (χ2v) is 5.43. The summed E-state index contributed by atoms with van der Waals surface area (Å²) in [5.41, 5.74) is 0. The highest BCUT2D eigenvalue weighted by Crippen LogP contribution is 2.24. The molecule has 0 aliphatic heterocycles. The van der Waals surface area contributed by atoms with Crippen molar-refractivity contribution in [1.82, 2.24) is 10.2 Å². The van der Waals surface area contributed by atoms with Crippen molar-refractivity contribution in [2.75, 3.05) is 33.7 Å². The minimum atomic E-state index is 0.996. The zero-order valence-electron chi connectivity index (χ0n) is 11.3. The van der Waals surface area contributed by atoms with Gasteiger partial charge in [0.05, 0.1) is 0 Å². The van der Waals surface area contributed by atoms with Crippen molar-refractivity contribution in [3.63, 3.8) is 0 Å². The maximum absolute atomic E-state index is 3.21. The molecule has 1 rings (SSSR count). The summed E-state index contributed by atoms with van der Waals surface area (Å²) >= 11 is 0. The van der Waals surface area contributed by atoms with Gasteiger partial charge in [0.15, 0.2) is 0 Å². The first kappa shape index (κ1) is 14.0. The fourth-order valence-electron chi connectivity index (χ4n) is 2.76. The first-order valence-electron chi connectivity index (χ1n) is 7.16. The van der Waals surface area contributed by atoms with E-state index in [-0.39, 0.29) is 0 Å². The summed E-state index contributed by atoms with van der Waals surface area (Å²) in [5.74, 6) is 0.996. The fraction of sp³-hybridized carbons (Fsp3) is 1.00. The van der Waals surface area contributed by atoms with Crippen LogP contribution >= 0.6 is 0 Å². The number of rotatable bonds is 8. The van der Waals surface area contributed by atoms with E-state index in [0.29, 0.717) is 0 Å². The maximum Gasteiger partial charge on any atom is 0.000661 e. The van der Waals surface area contributed by atoms with E-state index in [2.05, 4.69) is 17.3 Å². The number of nitrogens with one attached hydrogen (secondary N) is 1. The Hall–Kier alpha value is -0.0800. The molecule has 0 aromatic heterocycles. The lowest BCUT2D eigenvalue weighted by atomic mass is 9.89. The molecule has 0 heterocycles. The Balaban J connectivity index is 1.95. The zero-order valence-corrected chi connectivity index (χ0v) is 11.3. The minimum Gasteiger partial charge on any atom is -0.320 e. The highest BCUT2D eigenvalue weighted by atomic mass is 15.1. The average Bonchev–Trinajstić information content (AvgIpc) is 2.30. The van der Waals surface area contributed by atoms with E-state index >= 15 is 0 Å². The standard InChI is InChI=1S/C14H30N2/c1-15-11-7-4-8-12-16(2)13-14-9-5-3-6-10-14/h14-15H,3-13H2,1-2H3. The Morgan fingerprint density at radius 1 is 1.06 bits per heavy atom. The monoisotopic (exact) mass is 226 g/mol. The van der Waals surface area contributed by atoms with E-state index in [1.165, 1.54) is 71.0 Å². The van der Waals surface area contributed by atoms with E-state index in [0.717, 1.165) is 5.92 Å². The van der Waals surface area contributed by atoms with Gasteiger partial charge in [-0.05, 0) is 58.8 Å². The first-order chi connectivity index (χ1) is 7.83. The van der Waals surface area contributed by atoms with Crippen LogP contribution in [0.3, 0.4) is 0 Å². The summed E-state index contributed by atoms with van der Waals surface area (Å²) in [5, 5.41) is 3.21. The maximum atomic E-state index is 3.21. The van der Waals surface area contributed by atoms with E-state index in [9.17, 15) is 0 Å². The summed E-state index contributed by atoms with van der Waals surface area (Å²) in [6.45, 7) is 3.80. The van der Waals surface area contributed by atoms with E-state index in [1.54, 1.807) is 0 Å². The van der Waals surface area contributed by atoms with Gasteiger partial charge in [-0.25, -0.2) is 0 Å². The van der Waals surface area contributed by atoms with Crippen LogP contribution in [0.2, 0.25) is 0 Å². The van der Waals surface area contributed by atoms with Gasteiger partial charge in [0.25, 0.3) is 0 Å². The smallest absolute Gasteiger partial charge is 0.000661 e. The molecule has 1 fully saturated rings. The van der Waals surface area contributed by atoms with Crippen LogP contribution in [0.1, 0.15) is 51.4 Å². The third kappa shape index (κ3) is 6.49. The van der Waals surface area contributed by atoms with Gasteiger partial charge in [0.1, 0.15) is 0 Å². The highest BCUT2D eigenvalue weighted by molar-refractivity contribution is 4.68. The lowest BCUT2D eigenvalue weighted by Crippen LogP contribution is -2.28. The van der Waals surface area contributed by atoms with Gasteiger partial charge >= 0.3 is 0 Å². The van der Waals surface area contributed by atoms with Crippen LogP contribution in [0.15, 0.2) is 0 Å². The van der Waals surface area contributed by atoms with E-state index in [1.807, 2.05) is 7.05 Å². The Bertz CT molecular complexity index is 153. The minimum absolute atomic E-state index is 0.996. The highest BCUT2D eigenvalue weighted by Gasteiger charge is 2.14. The molecular weight excluding hydrogens is 196 g/mol. The lowest BCUT2D eigenvalue weighted by Gasteiger charge is -2.26. The van der Waals surface area contributed by atoms with E-state index in [4.69, 9.17) is 0 Å². The predicted molar refractivity (Wildman–Crippen MR) is 71.8 cm³/mol. The van der Waals surface area contributed by atoms with Crippen molar-refractivity contribution in [3.05, 3.63) is 0 Å². The third-order valence-electron chi connectivity index (χ3n) is 3.76. The molecule has 0 aromatic carbocycles. The molecule has 0 atom stereocenters. The molecule has 0 amide bonds. The van der Waals surface area contributed by atoms with Crippen LogP contribution in [0, 0.1) is 5.92 Å². The normalized spacial score (nSPS) is 18.2. The molecule has 2 nitrogen and oxygen atoms in total. The summed E-state index contributed by atoms with van der Waals surface area (Å²) in [6.07, 6.45) is 11.4. The van der Waals surface area contributed by atoms with Crippen LogP contribution in [0.5, 0.6) is 0 Å². The van der Waals surface area contributed by atoms with Gasteiger partial charge in [-0.15, -0.1) is 0 Å². The van der Waals surface area contributed by atoms with Crippen LogP contribution in [-0.2, 0) is 0 Å². The Morgan fingerprint density at radius 3 is 2.50 bits per heavy atom. The van der Waals surface area contributed by atoms with Gasteiger partial charge in [-0.2, -0.15) is 0 Å². The predicted octanol–water partition coefficient (Wildman–Crippen LogP) is 2.89. The van der Waals surface area contributed by atoms with Crippen molar-refractivity contribution in [2.24, 2.45) is 5.92 Å². The second kappa shape index (κ2) is 9.00. The molecule has 0 unspecified atom stereocenters. The molecule has 0 radical (unpaired) electrons. The van der Waals surface area contributed by atoms with Crippen molar-refractivity contribution in [3.8, 4) is 0 Å². The number of nitrogens with zero attached hydrogens (tertiary/aromatic N) is 1. The summed E-state index contributed by atoms with van der Waals surface area (Å²) in [4.78, 5) is 2.55. The molecule has 0 spiro atoms.